The van der Waals surface area contributed by atoms with Crippen LogP contribution in [0.4, 0.5) is 5.82 Å². The molecule has 19 heavy (non-hydrogen) atoms. The van der Waals surface area contributed by atoms with Crippen molar-refractivity contribution >= 4 is 33.1 Å². The van der Waals surface area contributed by atoms with Gasteiger partial charge in [0.05, 0.1) is 6.04 Å². The molecule has 0 aromatic carbocycles. The fourth-order valence-corrected chi connectivity index (χ4v) is 3.17. The Morgan fingerprint density at radius 2 is 2.21 bits per heavy atom. The van der Waals surface area contributed by atoms with Gasteiger partial charge >= 0.3 is 0 Å². The van der Waals surface area contributed by atoms with Crippen molar-refractivity contribution in [2.75, 3.05) is 5.32 Å². The number of hydrogen-bond donors (Lipinski definition) is 1. The minimum Gasteiger partial charge on any atom is -0.362 e. The van der Waals surface area contributed by atoms with Crippen LogP contribution in [0.25, 0.3) is 0 Å². The standard InChI is InChI=1S/C14H18BrN3S/c1-3-6-10(11-7-5-8-19-11)16-14-9-12(15)17-13(4-2)18-14/h5,7-10H,3-4,6H2,1-2H3,(H,16,17,18). The molecular formula is C14H18BrN3S. The molecule has 0 saturated heterocycles. The summed E-state index contributed by atoms with van der Waals surface area (Å²) in [6.45, 7) is 4.27. The third-order valence-electron chi connectivity index (χ3n) is 2.84. The van der Waals surface area contributed by atoms with Gasteiger partial charge < -0.3 is 5.32 Å². The van der Waals surface area contributed by atoms with Crippen LogP contribution in [0, 0.1) is 0 Å². The van der Waals surface area contributed by atoms with E-state index in [9.17, 15) is 0 Å². The third kappa shape index (κ3) is 4.01. The van der Waals surface area contributed by atoms with E-state index < -0.39 is 0 Å². The highest BCUT2D eigenvalue weighted by atomic mass is 79.9. The zero-order chi connectivity index (χ0) is 13.7. The van der Waals surface area contributed by atoms with E-state index >= 15 is 0 Å². The van der Waals surface area contributed by atoms with E-state index in [4.69, 9.17) is 0 Å². The van der Waals surface area contributed by atoms with Crippen LogP contribution >= 0.6 is 27.3 Å². The molecule has 0 bridgehead atoms. The molecule has 0 radical (unpaired) electrons. The average Bonchev–Trinajstić information content (AvgIpc) is 2.91. The summed E-state index contributed by atoms with van der Waals surface area (Å²) in [6.07, 6.45) is 3.08. The fourth-order valence-electron chi connectivity index (χ4n) is 1.94. The van der Waals surface area contributed by atoms with Gasteiger partial charge in [-0.1, -0.05) is 26.3 Å². The van der Waals surface area contributed by atoms with Crippen LogP contribution in [0.15, 0.2) is 28.2 Å². The van der Waals surface area contributed by atoms with Gasteiger partial charge in [0.1, 0.15) is 16.2 Å². The maximum Gasteiger partial charge on any atom is 0.131 e. The molecule has 5 heteroatoms. The molecule has 0 amide bonds. The lowest BCUT2D eigenvalue weighted by Gasteiger charge is -2.17. The highest BCUT2D eigenvalue weighted by molar-refractivity contribution is 9.10. The first-order chi connectivity index (χ1) is 9.22. The van der Waals surface area contributed by atoms with Crippen molar-refractivity contribution in [3.05, 3.63) is 38.9 Å². The number of nitrogens with one attached hydrogen (secondary N) is 1. The van der Waals surface area contributed by atoms with Crippen LogP contribution in [0.5, 0.6) is 0 Å². The average molecular weight is 340 g/mol. The molecule has 2 rings (SSSR count). The Hall–Kier alpha value is -0.940. The molecule has 2 heterocycles. The van der Waals surface area contributed by atoms with E-state index in [2.05, 4.69) is 62.6 Å². The maximum atomic E-state index is 4.54. The van der Waals surface area contributed by atoms with E-state index in [0.717, 1.165) is 35.5 Å². The molecule has 0 saturated carbocycles. The van der Waals surface area contributed by atoms with Crippen LogP contribution in [-0.2, 0) is 6.42 Å². The van der Waals surface area contributed by atoms with Crippen molar-refractivity contribution in [2.45, 2.75) is 39.2 Å². The number of aryl methyl sites for hydroxylation is 1. The number of thiophene rings is 1. The molecule has 1 unspecified atom stereocenters. The Kier molecular flexibility index (Phi) is 5.34. The topological polar surface area (TPSA) is 37.8 Å². The van der Waals surface area contributed by atoms with Crippen molar-refractivity contribution in [1.29, 1.82) is 0 Å². The number of halogens is 1. The Morgan fingerprint density at radius 1 is 1.37 bits per heavy atom. The summed E-state index contributed by atoms with van der Waals surface area (Å²) in [4.78, 5) is 10.2. The van der Waals surface area contributed by atoms with Gasteiger partial charge in [-0.3, -0.25) is 0 Å². The SMILES string of the molecule is CCCC(Nc1cc(Br)nc(CC)n1)c1cccs1. The maximum absolute atomic E-state index is 4.54. The molecule has 0 aliphatic rings. The summed E-state index contributed by atoms with van der Waals surface area (Å²) in [5, 5.41) is 5.65. The van der Waals surface area contributed by atoms with Crippen LogP contribution in [-0.4, -0.2) is 9.97 Å². The normalized spacial score (nSPS) is 12.4. The summed E-state index contributed by atoms with van der Waals surface area (Å²) in [5.41, 5.74) is 0. The van der Waals surface area contributed by atoms with Gasteiger partial charge in [0.25, 0.3) is 0 Å². The monoisotopic (exact) mass is 339 g/mol. The van der Waals surface area contributed by atoms with Crippen molar-refractivity contribution in [3.63, 3.8) is 0 Å². The number of hydrogen-bond acceptors (Lipinski definition) is 4. The fraction of sp³-hybridized carbons (Fsp3) is 0.429. The zero-order valence-corrected chi connectivity index (χ0v) is 13.6. The zero-order valence-electron chi connectivity index (χ0n) is 11.2. The second-order valence-electron chi connectivity index (χ2n) is 4.35. The quantitative estimate of drug-likeness (QED) is 0.767. The molecule has 0 aliphatic heterocycles. The molecule has 102 valence electrons. The first kappa shape index (κ1) is 14.5. The summed E-state index contributed by atoms with van der Waals surface area (Å²) in [5.74, 6) is 1.75. The van der Waals surface area contributed by atoms with Crippen LogP contribution in [0.3, 0.4) is 0 Å². The molecule has 2 aromatic rings. The third-order valence-corrected chi connectivity index (χ3v) is 4.24. The second kappa shape index (κ2) is 7.01. The predicted molar refractivity (Wildman–Crippen MR) is 84.7 cm³/mol. The van der Waals surface area contributed by atoms with E-state index in [1.54, 1.807) is 11.3 Å². The van der Waals surface area contributed by atoms with Gasteiger partial charge in [-0.05, 0) is 33.8 Å². The van der Waals surface area contributed by atoms with E-state index in [1.165, 1.54) is 4.88 Å². The van der Waals surface area contributed by atoms with E-state index in [-0.39, 0.29) is 0 Å². The number of nitrogens with zero attached hydrogens (tertiary/aromatic N) is 2. The lowest BCUT2D eigenvalue weighted by Crippen LogP contribution is -2.11. The molecule has 1 atom stereocenters. The van der Waals surface area contributed by atoms with Gasteiger partial charge in [-0.2, -0.15) is 0 Å². The molecule has 0 fully saturated rings. The van der Waals surface area contributed by atoms with Gasteiger partial charge in [-0.15, -0.1) is 11.3 Å². The minimum absolute atomic E-state index is 0.330. The summed E-state index contributed by atoms with van der Waals surface area (Å²) in [6, 6.07) is 6.54. The van der Waals surface area contributed by atoms with E-state index in [0.29, 0.717) is 6.04 Å². The smallest absolute Gasteiger partial charge is 0.131 e. The van der Waals surface area contributed by atoms with Crippen LogP contribution < -0.4 is 5.32 Å². The van der Waals surface area contributed by atoms with Crippen molar-refractivity contribution < 1.29 is 0 Å². The lowest BCUT2D eigenvalue weighted by molar-refractivity contribution is 0.683. The highest BCUT2D eigenvalue weighted by Crippen LogP contribution is 2.27. The number of rotatable bonds is 6. The van der Waals surface area contributed by atoms with Crippen molar-refractivity contribution in [1.82, 2.24) is 9.97 Å². The first-order valence-corrected chi connectivity index (χ1v) is 8.23. The molecular weight excluding hydrogens is 322 g/mol. The predicted octanol–water partition coefficient (Wildman–Crippen LogP) is 4.82. The van der Waals surface area contributed by atoms with Gasteiger partial charge in [0.2, 0.25) is 0 Å². The summed E-state index contributed by atoms with van der Waals surface area (Å²) >= 11 is 5.23. The van der Waals surface area contributed by atoms with Gasteiger partial charge in [0.15, 0.2) is 0 Å². The molecule has 2 aromatic heterocycles. The van der Waals surface area contributed by atoms with Crippen LogP contribution in [0.2, 0.25) is 0 Å². The van der Waals surface area contributed by atoms with Crippen molar-refractivity contribution in [3.8, 4) is 0 Å². The Morgan fingerprint density at radius 3 is 2.84 bits per heavy atom. The molecule has 0 spiro atoms. The molecule has 3 nitrogen and oxygen atoms in total. The lowest BCUT2D eigenvalue weighted by atomic mass is 10.1. The second-order valence-corrected chi connectivity index (χ2v) is 6.14. The number of anilines is 1. The largest absolute Gasteiger partial charge is 0.362 e. The Balaban J connectivity index is 2.19. The van der Waals surface area contributed by atoms with Gasteiger partial charge in [-0.25, -0.2) is 9.97 Å². The van der Waals surface area contributed by atoms with Gasteiger partial charge in [0, 0.05) is 17.4 Å². The van der Waals surface area contributed by atoms with Crippen molar-refractivity contribution in [2.24, 2.45) is 0 Å². The number of aromatic nitrogens is 2. The Bertz CT molecular complexity index is 513. The Labute approximate surface area is 126 Å². The van der Waals surface area contributed by atoms with E-state index in [1.807, 2.05) is 6.07 Å². The highest BCUT2D eigenvalue weighted by Gasteiger charge is 2.13. The minimum atomic E-state index is 0.330. The molecule has 0 aliphatic carbocycles. The molecule has 1 N–H and O–H groups in total. The van der Waals surface area contributed by atoms with Crippen LogP contribution in [0.1, 0.15) is 43.4 Å². The first-order valence-electron chi connectivity index (χ1n) is 6.56. The summed E-state index contributed by atoms with van der Waals surface area (Å²) in [7, 11) is 0. The summed E-state index contributed by atoms with van der Waals surface area (Å²) < 4.78 is 0.836.